The molecule has 1 aromatic heterocycles. The van der Waals surface area contributed by atoms with E-state index in [4.69, 9.17) is 5.11 Å². The third-order valence-corrected chi connectivity index (χ3v) is 4.56. The Hall–Kier alpha value is -2.85. The quantitative estimate of drug-likeness (QED) is 0.483. The molecule has 0 bridgehead atoms. The number of para-hydroxylation sites is 1. The molecule has 1 saturated heterocycles. The summed E-state index contributed by atoms with van der Waals surface area (Å²) in [6.45, 7) is 0.153. The molecule has 7 nitrogen and oxygen atoms in total. The normalized spacial score (nSPS) is 17.1. The van der Waals surface area contributed by atoms with Crippen LogP contribution < -0.4 is 11.0 Å². The van der Waals surface area contributed by atoms with Gasteiger partial charge >= 0.3 is 5.69 Å². The van der Waals surface area contributed by atoms with Gasteiger partial charge in [-0.25, -0.2) is 4.79 Å². The molecule has 0 aliphatic carbocycles. The minimum absolute atomic E-state index is 0.153. The first kappa shape index (κ1) is 18.0. The average Bonchev–Trinajstić information content (AvgIpc) is 2.87. The highest BCUT2D eigenvalue weighted by molar-refractivity contribution is 6.00. The van der Waals surface area contributed by atoms with E-state index in [1.54, 1.807) is 13.1 Å². The number of aromatic nitrogens is 2. The minimum Gasteiger partial charge on any atom is -0.396 e. The third-order valence-electron chi connectivity index (χ3n) is 4.56. The molecule has 1 atom stereocenters. The number of piperidine rings is 1. The zero-order chi connectivity index (χ0) is 18.7. The fourth-order valence-electron chi connectivity index (χ4n) is 3.25. The lowest BCUT2D eigenvalue weighted by Gasteiger charge is -2.21. The lowest BCUT2D eigenvalue weighted by Crippen LogP contribution is -2.44. The monoisotopic (exact) mass is 355 g/mol. The van der Waals surface area contributed by atoms with E-state index < -0.39 is 11.9 Å². The van der Waals surface area contributed by atoms with Gasteiger partial charge in [0.15, 0.2) is 0 Å². The number of imidazole rings is 1. The van der Waals surface area contributed by atoms with Gasteiger partial charge in [0.1, 0.15) is 6.04 Å². The minimum atomic E-state index is -0.698. The number of carbonyl (C=O) groups excluding carboxylic acids is 2. The summed E-state index contributed by atoms with van der Waals surface area (Å²) in [4.78, 5) is 36.4. The van der Waals surface area contributed by atoms with Crippen LogP contribution in [0, 0.1) is 11.8 Å². The van der Waals surface area contributed by atoms with E-state index in [2.05, 4.69) is 17.2 Å². The van der Waals surface area contributed by atoms with Crippen LogP contribution in [0.2, 0.25) is 0 Å². The molecule has 1 aliphatic rings. The maximum absolute atomic E-state index is 12.8. The molecule has 2 aromatic rings. The van der Waals surface area contributed by atoms with Crippen LogP contribution in [-0.4, -0.2) is 32.7 Å². The highest BCUT2D eigenvalue weighted by Gasteiger charge is 2.31. The molecular weight excluding hydrogens is 334 g/mol. The van der Waals surface area contributed by atoms with Crippen LogP contribution in [0.3, 0.4) is 0 Å². The molecule has 7 heteroatoms. The van der Waals surface area contributed by atoms with Gasteiger partial charge in [-0.3, -0.25) is 24.0 Å². The molecule has 1 aliphatic heterocycles. The molecule has 1 aromatic carbocycles. The Balaban J connectivity index is 2.03. The van der Waals surface area contributed by atoms with Crippen molar-refractivity contribution in [2.45, 2.75) is 38.1 Å². The van der Waals surface area contributed by atoms with Crippen LogP contribution in [-0.2, 0) is 16.6 Å². The molecule has 2 N–H and O–H groups in total. The number of nitrogens with zero attached hydrogens (tertiary/aromatic N) is 2. The van der Waals surface area contributed by atoms with Gasteiger partial charge in [0.25, 0.3) is 0 Å². The number of imide groups is 1. The number of aliphatic hydroxyl groups excluding tert-OH is 1. The maximum atomic E-state index is 12.8. The predicted molar refractivity (Wildman–Crippen MR) is 96.4 cm³/mol. The summed E-state index contributed by atoms with van der Waals surface area (Å²) in [5.74, 6) is 5.40. The highest BCUT2D eigenvalue weighted by Crippen LogP contribution is 2.24. The van der Waals surface area contributed by atoms with Crippen molar-refractivity contribution in [1.82, 2.24) is 14.5 Å². The topological polar surface area (TPSA) is 93.3 Å². The van der Waals surface area contributed by atoms with Crippen molar-refractivity contribution in [1.29, 1.82) is 0 Å². The van der Waals surface area contributed by atoms with Gasteiger partial charge in [-0.05, 0) is 31.4 Å². The first-order valence-electron chi connectivity index (χ1n) is 8.68. The number of hydrogen-bond donors (Lipinski definition) is 2. The van der Waals surface area contributed by atoms with Crippen molar-refractivity contribution in [3.05, 3.63) is 34.2 Å². The Morgan fingerprint density at radius 3 is 2.81 bits per heavy atom. The fraction of sp³-hybridized carbons (Fsp3) is 0.421. The largest absolute Gasteiger partial charge is 0.396 e. The van der Waals surface area contributed by atoms with Crippen molar-refractivity contribution in [3.8, 4) is 11.8 Å². The van der Waals surface area contributed by atoms with E-state index in [1.807, 2.05) is 12.1 Å². The van der Waals surface area contributed by atoms with Gasteiger partial charge in [0, 0.05) is 26.5 Å². The van der Waals surface area contributed by atoms with Crippen molar-refractivity contribution >= 4 is 22.8 Å². The summed E-state index contributed by atoms with van der Waals surface area (Å²) in [6, 6.07) is 4.74. The van der Waals surface area contributed by atoms with E-state index >= 15 is 0 Å². The first-order chi connectivity index (χ1) is 12.5. The summed E-state index contributed by atoms with van der Waals surface area (Å²) in [5.41, 5.74) is 1.73. The summed E-state index contributed by atoms with van der Waals surface area (Å²) < 4.78 is 2.95. The zero-order valence-electron chi connectivity index (χ0n) is 14.6. The number of carbonyl (C=O) groups is 2. The van der Waals surface area contributed by atoms with Crippen LogP contribution in [0.5, 0.6) is 0 Å². The smallest absolute Gasteiger partial charge is 0.329 e. The van der Waals surface area contributed by atoms with E-state index in [9.17, 15) is 14.4 Å². The zero-order valence-corrected chi connectivity index (χ0v) is 14.6. The van der Waals surface area contributed by atoms with Crippen LogP contribution in [0.1, 0.15) is 43.7 Å². The first-order valence-corrected chi connectivity index (χ1v) is 8.68. The van der Waals surface area contributed by atoms with Crippen LogP contribution in [0.25, 0.3) is 11.0 Å². The van der Waals surface area contributed by atoms with Gasteiger partial charge in [-0.2, -0.15) is 0 Å². The number of fused-ring (bicyclic) bond motifs is 1. The number of unbranched alkanes of at least 4 members (excludes halogenated alkanes) is 2. The predicted octanol–water partition coefficient (Wildman–Crippen LogP) is 0.832. The number of amides is 2. The molecule has 0 radical (unpaired) electrons. The summed E-state index contributed by atoms with van der Waals surface area (Å²) in [6.07, 6.45) is 2.71. The van der Waals surface area contributed by atoms with E-state index in [0.717, 1.165) is 12.0 Å². The molecule has 0 spiro atoms. The lowest BCUT2D eigenvalue weighted by atomic mass is 10.1. The Labute approximate surface area is 150 Å². The summed E-state index contributed by atoms with van der Waals surface area (Å²) in [7, 11) is 1.66. The van der Waals surface area contributed by atoms with Crippen molar-refractivity contribution in [3.63, 3.8) is 0 Å². The molecule has 26 heavy (non-hydrogen) atoms. The highest BCUT2D eigenvalue weighted by atomic mass is 16.3. The van der Waals surface area contributed by atoms with Crippen molar-refractivity contribution in [2.24, 2.45) is 7.05 Å². The third kappa shape index (κ3) is 3.28. The number of aliphatic hydroxyl groups is 1. The van der Waals surface area contributed by atoms with E-state index in [1.165, 1.54) is 9.13 Å². The van der Waals surface area contributed by atoms with Crippen LogP contribution in [0.15, 0.2) is 23.0 Å². The van der Waals surface area contributed by atoms with Crippen molar-refractivity contribution < 1.29 is 14.7 Å². The van der Waals surface area contributed by atoms with Gasteiger partial charge in [0.2, 0.25) is 11.8 Å². The summed E-state index contributed by atoms with van der Waals surface area (Å²) in [5, 5.41) is 11.1. The number of aryl methyl sites for hydroxylation is 1. The number of benzene rings is 1. The molecular formula is C19H21N3O4. The van der Waals surface area contributed by atoms with Gasteiger partial charge < -0.3 is 5.11 Å². The number of hydrogen-bond acceptors (Lipinski definition) is 4. The standard InChI is InChI=1S/C19H21N3O4/c1-21-17-13(7-4-2-3-5-12-23)8-6-9-14(17)22(19(21)26)15-10-11-16(24)20-18(15)25/h6,8-9,15,23H,2-3,5,10-12H2,1H3,(H,20,24,25). The lowest BCUT2D eigenvalue weighted by molar-refractivity contribution is -0.135. The van der Waals surface area contributed by atoms with Gasteiger partial charge in [0.05, 0.1) is 16.6 Å². The van der Waals surface area contributed by atoms with Gasteiger partial charge in [-0.1, -0.05) is 17.9 Å². The molecule has 2 amide bonds. The Bertz CT molecular complexity index is 974. The fourth-order valence-corrected chi connectivity index (χ4v) is 3.25. The molecule has 3 rings (SSSR count). The van der Waals surface area contributed by atoms with Crippen molar-refractivity contribution in [2.75, 3.05) is 6.61 Å². The summed E-state index contributed by atoms with van der Waals surface area (Å²) >= 11 is 0. The molecule has 0 saturated carbocycles. The number of rotatable bonds is 4. The van der Waals surface area contributed by atoms with Gasteiger partial charge in [-0.15, -0.1) is 0 Å². The average molecular weight is 355 g/mol. The Morgan fingerprint density at radius 2 is 2.08 bits per heavy atom. The SMILES string of the molecule is Cn1c(=O)n(C2CCC(=O)NC2=O)c2cccc(C#CCCCCO)c21. The number of nitrogens with one attached hydrogen (secondary N) is 1. The Morgan fingerprint density at radius 1 is 1.27 bits per heavy atom. The second-order valence-electron chi connectivity index (χ2n) is 6.33. The Kier molecular flexibility index (Phi) is 5.24. The van der Waals surface area contributed by atoms with E-state index in [0.29, 0.717) is 30.3 Å². The van der Waals surface area contributed by atoms with Crippen LogP contribution >= 0.6 is 0 Å². The van der Waals surface area contributed by atoms with E-state index in [-0.39, 0.29) is 24.6 Å². The maximum Gasteiger partial charge on any atom is 0.329 e. The second-order valence-corrected chi connectivity index (χ2v) is 6.33. The van der Waals surface area contributed by atoms with Crippen LogP contribution in [0.4, 0.5) is 0 Å². The molecule has 2 heterocycles. The molecule has 136 valence electrons. The second kappa shape index (κ2) is 7.58. The molecule has 1 unspecified atom stereocenters. The molecule has 1 fully saturated rings.